The normalized spacial score (nSPS) is 14.1. The van der Waals surface area contributed by atoms with E-state index in [1.807, 2.05) is 0 Å². The van der Waals surface area contributed by atoms with Gasteiger partial charge in [0.15, 0.2) is 5.82 Å². The third-order valence-corrected chi connectivity index (χ3v) is 7.14. The van der Waals surface area contributed by atoms with E-state index in [4.69, 9.17) is 10.5 Å². The summed E-state index contributed by atoms with van der Waals surface area (Å²) >= 11 is 1.11. The van der Waals surface area contributed by atoms with E-state index >= 15 is 0 Å². The molecule has 40 heavy (non-hydrogen) atoms. The summed E-state index contributed by atoms with van der Waals surface area (Å²) in [5.41, 5.74) is 5.89. The van der Waals surface area contributed by atoms with Gasteiger partial charge in [0, 0.05) is 25.3 Å². The van der Waals surface area contributed by atoms with E-state index in [1.165, 1.54) is 0 Å². The first kappa shape index (κ1) is 29.2. The maximum Gasteiger partial charge on any atom is 0.416 e. The summed E-state index contributed by atoms with van der Waals surface area (Å²) in [5.74, 6) is -1.24. The highest BCUT2D eigenvalue weighted by atomic mass is 32.1. The number of primary amides is 1. The molecule has 14 heteroatoms. The number of amides is 3. The number of ether oxygens (including phenoxy) is 1. The highest BCUT2D eigenvalue weighted by molar-refractivity contribution is 7.10. The Kier molecular flexibility index (Phi) is 9.22. The lowest BCUT2D eigenvalue weighted by molar-refractivity contribution is -0.137. The van der Waals surface area contributed by atoms with Crippen molar-refractivity contribution in [3.8, 4) is 10.4 Å². The number of anilines is 3. The second-order valence-corrected chi connectivity index (χ2v) is 9.91. The number of alkyl halides is 3. The zero-order valence-corrected chi connectivity index (χ0v) is 22.3. The number of aryl methyl sites for hydroxylation is 1. The minimum absolute atomic E-state index is 0.262. The first-order chi connectivity index (χ1) is 19.0. The van der Waals surface area contributed by atoms with Crippen LogP contribution in [0.1, 0.15) is 27.9 Å². The molecule has 214 valence electrons. The van der Waals surface area contributed by atoms with Gasteiger partial charge in [0.2, 0.25) is 0 Å². The van der Waals surface area contributed by atoms with Gasteiger partial charge in [-0.25, -0.2) is 9.18 Å². The summed E-state index contributed by atoms with van der Waals surface area (Å²) in [6, 6.07) is 5.64. The molecule has 1 aromatic heterocycles. The molecule has 3 amide bonds. The first-order valence-corrected chi connectivity index (χ1v) is 13.2. The summed E-state index contributed by atoms with van der Waals surface area (Å²) in [5, 5.41) is 7.77. The van der Waals surface area contributed by atoms with Crippen molar-refractivity contribution in [3.05, 3.63) is 58.9 Å². The highest BCUT2D eigenvalue weighted by Crippen LogP contribution is 2.36. The van der Waals surface area contributed by atoms with E-state index < -0.39 is 35.2 Å². The van der Waals surface area contributed by atoms with Crippen molar-refractivity contribution >= 4 is 40.7 Å². The highest BCUT2D eigenvalue weighted by Gasteiger charge is 2.31. The third kappa shape index (κ3) is 7.25. The monoisotopic (exact) mass is 580 g/mol. The van der Waals surface area contributed by atoms with Gasteiger partial charge in [-0.15, -0.1) is 0 Å². The molecule has 4 rings (SSSR count). The van der Waals surface area contributed by atoms with Gasteiger partial charge in [0.1, 0.15) is 11.4 Å². The fraction of sp³-hybridized carbons (Fsp3) is 0.346. The van der Waals surface area contributed by atoms with E-state index in [9.17, 15) is 27.2 Å². The number of hydrogen-bond donors (Lipinski definition) is 4. The van der Waals surface area contributed by atoms with Gasteiger partial charge in [-0.1, -0.05) is 6.07 Å². The molecule has 3 aromatic rings. The van der Waals surface area contributed by atoms with Gasteiger partial charge >= 0.3 is 12.2 Å². The number of rotatable bonds is 9. The minimum atomic E-state index is -4.69. The van der Waals surface area contributed by atoms with Crippen molar-refractivity contribution in [3.63, 3.8) is 0 Å². The quantitative estimate of drug-likeness (QED) is 0.205. The van der Waals surface area contributed by atoms with E-state index in [1.54, 1.807) is 25.1 Å². The average Bonchev–Trinajstić information content (AvgIpc) is 3.32. The van der Waals surface area contributed by atoms with E-state index in [-0.39, 0.29) is 5.56 Å². The van der Waals surface area contributed by atoms with Crippen molar-refractivity contribution in [1.29, 1.82) is 0 Å². The Labute approximate surface area is 231 Å². The Bertz CT molecular complexity index is 1370. The number of nitrogens with two attached hydrogens (primary N) is 1. The van der Waals surface area contributed by atoms with Crippen molar-refractivity contribution in [2.24, 2.45) is 5.73 Å². The molecular weight excluding hydrogens is 552 g/mol. The van der Waals surface area contributed by atoms with Crippen LogP contribution in [0.2, 0.25) is 0 Å². The lowest BCUT2D eigenvalue weighted by atomic mass is 10.0. The molecule has 0 aliphatic carbocycles. The molecule has 1 saturated heterocycles. The molecule has 2 aromatic carbocycles. The van der Waals surface area contributed by atoms with Crippen LogP contribution in [0.3, 0.4) is 0 Å². The molecule has 0 unspecified atom stereocenters. The smallest absolute Gasteiger partial charge is 0.379 e. The molecule has 0 saturated carbocycles. The van der Waals surface area contributed by atoms with E-state index in [0.717, 1.165) is 50.8 Å². The lowest BCUT2D eigenvalue weighted by Crippen LogP contribution is -2.37. The predicted octanol–water partition coefficient (Wildman–Crippen LogP) is 5.15. The Hall–Kier alpha value is -3.75. The topological polar surface area (TPSA) is 122 Å². The molecule has 0 atom stereocenters. The Morgan fingerprint density at radius 3 is 2.55 bits per heavy atom. The van der Waals surface area contributed by atoms with E-state index in [2.05, 4.69) is 25.2 Å². The molecule has 9 nitrogen and oxygen atoms in total. The van der Waals surface area contributed by atoms with Crippen LogP contribution in [-0.2, 0) is 10.9 Å². The predicted molar refractivity (Wildman–Crippen MR) is 145 cm³/mol. The molecule has 1 aliphatic rings. The van der Waals surface area contributed by atoms with Crippen LogP contribution in [0.25, 0.3) is 10.4 Å². The molecule has 0 spiro atoms. The van der Waals surface area contributed by atoms with Crippen molar-refractivity contribution in [1.82, 2.24) is 9.27 Å². The van der Waals surface area contributed by atoms with Crippen LogP contribution in [-0.4, -0.2) is 60.6 Å². The van der Waals surface area contributed by atoms with Crippen LogP contribution in [0.5, 0.6) is 0 Å². The van der Waals surface area contributed by atoms with Crippen LogP contribution < -0.4 is 21.7 Å². The van der Waals surface area contributed by atoms with Crippen molar-refractivity contribution in [2.75, 3.05) is 55.3 Å². The number of nitrogens with zero attached hydrogens (tertiary/aromatic N) is 2. The van der Waals surface area contributed by atoms with Crippen LogP contribution in [0.15, 0.2) is 36.4 Å². The summed E-state index contributed by atoms with van der Waals surface area (Å²) in [7, 11) is 0. The molecule has 2 heterocycles. The summed E-state index contributed by atoms with van der Waals surface area (Å²) in [6.45, 7) is 6.47. The largest absolute Gasteiger partial charge is 0.416 e. The van der Waals surface area contributed by atoms with Crippen LogP contribution >= 0.6 is 11.5 Å². The van der Waals surface area contributed by atoms with Crippen LogP contribution in [0, 0.1) is 12.7 Å². The third-order valence-electron chi connectivity index (χ3n) is 6.26. The van der Waals surface area contributed by atoms with Crippen LogP contribution in [0.4, 0.5) is 39.5 Å². The van der Waals surface area contributed by atoms with Crippen molar-refractivity contribution < 1.29 is 31.9 Å². The number of morpholine rings is 1. The van der Waals surface area contributed by atoms with Gasteiger partial charge in [-0.2, -0.15) is 17.5 Å². The number of halogens is 4. The number of hydrogen-bond acceptors (Lipinski definition) is 7. The maximum absolute atomic E-state index is 14.0. The van der Waals surface area contributed by atoms with Gasteiger partial charge in [0.25, 0.3) is 5.91 Å². The Morgan fingerprint density at radius 1 is 1.12 bits per heavy atom. The SMILES string of the molecule is Cc1cc(NC(=O)Nc2cc(C(F)(F)F)ccc2F)ccc1-c1snc(NCCCN2CCOCC2)c1C(N)=O. The molecule has 0 bridgehead atoms. The molecule has 1 fully saturated rings. The second-order valence-electron chi connectivity index (χ2n) is 9.14. The number of benzene rings is 2. The number of nitrogens with one attached hydrogen (secondary N) is 3. The van der Waals surface area contributed by atoms with Gasteiger partial charge in [0.05, 0.1) is 29.3 Å². The van der Waals surface area contributed by atoms with Gasteiger partial charge in [-0.3, -0.25) is 9.69 Å². The van der Waals surface area contributed by atoms with Gasteiger partial charge in [-0.05, 0) is 72.9 Å². The lowest BCUT2D eigenvalue weighted by Gasteiger charge is -2.26. The fourth-order valence-electron chi connectivity index (χ4n) is 4.24. The molecule has 5 N–H and O–H groups in total. The maximum atomic E-state index is 14.0. The molecular formula is C26H28F4N6O3S. The Morgan fingerprint density at radius 2 is 1.88 bits per heavy atom. The molecule has 0 radical (unpaired) electrons. The standard InChI is InChI=1S/C26H28F4N6O3S/c1-15-13-17(33-25(38)34-20-14-16(26(28,29)30)3-6-19(20)27)4-5-18(15)22-21(23(31)37)24(35-40-22)32-7-2-8-36-9-11-39-12-10-36/h3-6,13-14H,2,7-12H2,1H3,(H2,31,37)(H,32,35)(H2,33,34,38). The molecule has 1 aliphatic heterocycles. The second kappa shape index (κ2) is 12.6. The Balaban J connectivity index is 1.42. The van der Waals surface area contributed by atoms with Crippen molar-refractivity contribution in [2.45, 2.75) is 19.5 Å². The first-order valence-electron chi connectivity index (χ1n) is 12.4. The van der Waals surface area contributed by atoms with E-state index in [0.29, 0.717) is 52.3 Å². The average molecular weight is 581 g/mol. The number of urea groups is 1. The van der Waals surface area contributed by atoms with Gasteiger partial charge < -0.3 is 26.4 Å². The summed E-state index contributed by atoms with van der Waals surface area (Å²) in [6.07, 6.45) is -3.84. The minimum Gasteiger partial charge on any atom is -0.379 e. The zero-order chi connectivity index (χ0) is 28.9. The number of carbonyl (C=O) groups is 2. The summed E-state index contributed by atoms with van der Waals surface area (Å²) in [4.78, 5) is 27.6. The zero-order valence-electron chi connectivity index (χ0n) is 21.5. The fourth-order valence-corrected chi connectivity index (χ4v) is 5.19. The number of aromatic nitrogens is 1. The number of carbonyl (C=O) groups excluding carboxylic acids is 2. The summed E-state index contributed by atoms with van der Waals surface area (Å²) < 4.78 is 62.6.